The van der Waals surface area contributed by atoms with E-state index in [9.17, 15) is 9.59 Å². The van der Waals surface area contributed by atoms with Crippen molar-refractivity contribution in [3.63, 3.8) is 0 Å². The van der Waals surface area contributed by atoms with E-state index in [1.807, 2.05) is 29.6 Å². The van der Waals surface area contributed by atoms with E-state index in [2.05, 4.69) is 5.32 Å². The van der Waals surface area contributed by atoms with Gasteiger partial charge in [0.1, 0.15) is 0 Å². The Morgan fingerprint density at radius 1 is 1.21 bits per heavy atom. The first kappa shape index (κ1) is 12.1. The lowest BCUT2D eigenvalue weighted by atomic mass is 10.0. The highest BCUT2D eigenvalue weighted by atomic mass is 32.1. The number of thiophene rings is 1. The van der Waals surface area contributed by atoms with Gasteiger partial charge in [-0.05, 0) is 48.1 Å². The van der Waals surface area contributed by atoms with E-state index in [1.165, 1.54) is 11.3 Å². The first-order valence-corrected chi connectivity index (χ1v) is 7.13. The molecule has 0 bridgehead atoms. The highest BCUT2D eigenvalue weighted by Gasteiger charge is 2.16. The standard InChI is InChI=1S/C15H13NO2S/c17-14-5-1-3-10-9-11(6-7-12(10)16-14)15(18)13-4-2-8-19-13/h2,4,6-9H,1,3,5H2,(H,16,17). The summed E-state index contributed by atoms with van der Waals surface area (Å²) in [6.07, 6.45) is 2.21. The molecule has 0 saturated heterocycles. The third kappa shape index (κ3) is 2.44. The molecule has 3 nitrogen and oxygen atoms in total. The van der Waals surface area contributed by atoms with Crippen molar-refractivity contribution in [2.75, 3.05) is 5.32 Å². The SMILES string of the molecule is O=C1CCCc2cc(C(=O)c3cccs3)ccc2N1. The normalized spacial score (nSPS) is 14.4. The third-order valence-electron chi connectivity index (χ3n) is 3.24. The molecule has 96 valence electrons. The molecule has 0 radical (unpaired) electrons. The second-order valence-corrected chi connectivity index (χ2v) is 5.53. The molecule has 1 aromatic heterocycles. The van der Waals surface area contributed by atoms with Gasteiger partial charge in [-0.15, -0.1) is 11.3 Å². The molecule has 1 aliphatic heterocycles. The van der Waals surface area contributed by atoms with Crippen molar-refractivity contribution in [3.8, 4) is 0 Å². The largest absolute Gasteiger partial charge is 0.326 e. The van der Waals surface area contributed by atoms with Crippen molar-refractivity contribution in [3.05, 3.63) is 51.7 Å². The van der Waals surface area contributed by atoms with Crippen LogP contribution in [0.25, 0.3) is 0 Å². The van der Waals surface area contributed by atoms with Crippen LogP contribution in [0.2, 0.25) is 0 Å². The van der Waals surface area contributed by atoms with Crippen LogP contribution < -0.4 is 5.32 Å². The predicted molar refractivity (Wildman–Crippen MR) is 75.8 cm³/mol. The number of hydrogen-bond acceptors (Lipinski definition) is 3. The van der Waals surface area contributed by atoms with E-state index >= 15 is 0 Å². The van der Waals surface area contributed by atoms with Gasteiger partial charge in [0, 0.05) is 17.7 Å². The summed E-state index contributed by atoms with van der Waals surface area (Å²) < 4.78 is 0. The lowest BCUT2D eigenvalue weighted by Gasteiger charge is -2.08. The molecule has 2 heterocycles. The fourth-order valence-electron chi connectivity index (χ4n) is 2.27. The number of nitrogens with one attached hydrogen (secondary N) is 1. The lowest BCUT2D eigenvalue weighted by molar-refractivity contribution is -0.116. The van der Waals surface area contributed by atoms with Gasteiger partial charge in [0.25, 0.3) is 0 Å². The van der Waals surface area contributed by atoms with E-state index < -0.39 is 0 Å². The molecule has 1 amide bonds. The van der Waals surface area contributed by atoms with Gasteiger partial charge in [0.05, 0.1) is 4.88 Å². The zero-order valence-electron chi connectivity index (χ0n) is 10.3. The quantitative estimate of drug-likeness (QED) is 0.852. The van der Waals surface area contributed by atoms with E-state index in [0.29, 0.717) is 12.0 Å². The number of aryl methyl sites for hydroxylation is 1. The molecule has 0 unspecified atom stereocenters. The van der Waals surface area contributed by atoms with Crippen LogP contribution in [-0.4, -0.2) is 11.7 Å². The van der Waals surface area contributed by atoms with Crippen molar-refractivity contribution in [1.29, 1.82) is 0 Å². The predicted octanol–water partition coefficient (Wildman–Crippen LogP) is 3.25. The molecule has 0 atom stereocenters. The van der Waals surface area contributed by atoms with Crippen molar-refractivity contribution in [2.45, 2.75) is 19.3 Å². The summed E-state index contributed by atoms with van der Waals surface area (Å²) in [5, 5.41) is 4.78. The number of rotatable bonds is 2. The Balaban J connectivity index is 1.95. The minimum absolute atomic E-state index is 0.0494. The molecule has 0 saturated carbocycles. The maximum absolute atomic E-state index is 12.3. The van der Waals surface area contributed by atoms with Crippen LogP contribution >= 0.6 is 11.3 Å². The molecule has 0 fully saturated rings. The molecule has 0 aliphatic carbocycles. The van der Waals surface area contributed by atoms with Crippen LogP contribution in [0.5, 0.6) is 0 Å². The second kappa shape index (κ2) is 4.97. The smallest absolute Gasteiger partial charge is 0.224 e. The molecule has 4 heteroatoms. The number of fused-ring (bicyclic) bond motifs is 1. The van der Waals surface area contributed by atoms with Gasteiger partial charge in [-0.3, -0.25) is 9.59 Å². The van der Waals surface area contributed by atoms with Crippen LogP contribution in [0.3, 0.4) is 0 Å². The first-order valence-electron chi connectivity index (χ1n) is 6.25. The van der Waals surface area contributed by atoms with Crippen LogP contribution in [0.4, 0.5) is 5.69 Å². The van der Waals surface area contributed by atoms with E-state index in [1.54, 1.807) is 6.07 Å². The zero-order valence-corrected chi connectivity index (χ0v) is 11.1. The van der Waals surface area contributed by atoms with Crippen molar-refractivity contribution >= 4 is 28.7 Å². The van der Waals surface area contributed by atoms with Crippen LogP contribution in [-0.2, 0) is 11.2 Å². The van der Waals surface area contributed by atoms with Gasteiger partial charge in [-0.2, -0.15) is 0 Å². The second-order valence-electron chi connectivity index (χ2n) is 4.58. The van der Waals surface area contributed by atoms with Gasteiger partial charge < -0.3 is 5.32 Å². The summed E-state index contributed by atoms with van der Waals surface area (Å²) in [7, 11) is 0. The Morgan fingerprint density at radius 3 is 2.89 bits per heavy atom. The molecular weight excluding hydrogens is 258 g/mol. The monoisotopic (exact) mass is 271 g/mol. The summed E-state index contributed by atoms with van der Waals surface area (Å²) in [5.41, 5.74) is 2.58. The van der Waals surface area contributed by atoms with Crippen LogP contribution in [0.15, 0.2) is 35.7 Å². The molecule has 3 rings (SSSR count). The fourth-order valence-corrected chi connectivity index (χ4v) is 2.95. The third-order valence-corrected chi connectivity index (χ3v) is 4.11. The van der Waals surface area contributed by atoms with Crippen LogP contribution in [0.1, 0.15) is 33.6 Å². The van der Waals surface area contributed by atoms with Crippen molar-refractivity contribution in [2.24, 2.45) is 0 Å². The minimum atomic E-state index is 0.0494. The maximum Gasteiger partial charge on any atom is 0.224 e. The highest BCUT2D eigenvalue weighted by molar-refractivity contribution is 7.12. The maximum atomic E-state index is 12.3. The number of amides is 1. The lowest BCUT2D eigenvalue weighted by Crippen LogP contribution is -2.09. The van der Waals surface area contributed by atoms with Gasteiger partial charge in [-0.1, -0.05) is 6.07 Å². The molecule has 1 N–H and O–H groups in total. The average molecular weight is 271 g/mol. The Bertz CT molecular complexity index is 632. The number of ketones is 1. The van der Waals surface area contributed by atoms with Crippen LogP contribution in [0, 0.1) is 0 Å². The molecular formula is C15H13NO2S. The summed E-state index contributed by atoms with van der Waals surface area (Å²) in [6.45, 7) is 0. The first-order chi connectivity index (χ1) is 9.24. The van der Waals surface area contributed by atoms with Crippen molar-refractivity contribution in [1.82, 2.24) is 0 Å². The molecule has 1 aliphatic rings. The molecule has 1 aromatic carbocycles. The summed E-state index contributed by atoms with van der Waals surface area (Å²) in [6, 6.07) is 9.23. The fraction of sp³-hybridized carbons (Fsp3) is 0.200. The molecule has 2 aromatic rings. The van der Waals surface area contributed by atoms with Gasteiger partial charge in [0.15, 0.2) is 0 Å². The van der Waals surface area contributed by atoms with Gasteiger partial charge in [0.2, 0.25) is 11.7 Å². The van der Waals surface area contributed by atoms with Crippen molar-refractivity contribution < 1.29 is 9.59 Å². The van der Waals surface area contributed by atoms with Gasteiger partial charge in [-0.25, -0.2) is 0 Å². The molecule has 19 heavy (non-hydrogen) atoms. The summed E-state index contributed by atoms with van der Waals surface area (Å²) >= 11 is 1.45. The minimum Gasteiger partial charge on any atom is -0.326 e. The highest BCUT2D eigenvalue weighted by Crippen LogP contribution is 2.25. The Kier molecular flexibility index (Phi) is 3.17. The van der Waals surface area contributed by atoms with E-state index in [4.69, 9.17) is 0 Å². The van der Waals surface area contributed by atoms with E-state index in [0.717, 1.165) is 29.0 Å². The summed E-state index contributed by atoms with van der Waals surface area (Å²) in [5.74, 6) is 0.101. The summed E-state index contributed by atoms with van der Waals surface area (Å²) in [4.78, 5) is 24.5. The van der Waals surface area contributed by atoms with Gasteiger partial charge >= 0.3 is 0 Å². The Morgan fingerprint density at radius 2 is 2.11 bits per heavy atom. The van der Waals surface area contributed by atoms with E-state index in [-0.39, 0.29) is 11.7 Å². The average Bonchev–Trinajstić information content (AvgIpc) is 2.87. The number of carbonyl (C=O) groups excluding carboxylic acids is 2. The Hall–Kier alpha value is -1.94. The topological polar surface area (TPSA) is 46.2 Å². The number of anilines is 1. The zero-order chi connectivity index (χ0) is 13.2. The number of benzene rings is 1. The Labute approximate surface area is 115 Å². The number of hydrogen-bond donors (Lipinski definition) is 1. The molecule has 0 spiro atoms. The number of carbonyl (C=O) groups is 2.